The number of hydrogen-bond acceptors (Lipinski definition) is 7. The predicted molar refractivity (Wildman–Crippen MR) is 120 cm³/mol. The van der Waals surface area contributed by atoms with Crippen LogP contribution in [0.5, 0.6) is 11.5 Å². The van der Waals surface area contributed by atoms with E-state index in [9.17, 15) is 13.2 Å². The summed E-state index contributed by atoms with van der Waals surface area (Å²) in [7, 11) is 0. The van der Waals surface area contributed by atoms with Gasteiger partial charge < -0.3 is 19.8 Å². The van der Waals surface area contributed by atoms with E-state index in [1.807, 2.05) is 12.1 Å². The van der Waals surface area contributed by atoms with Gasteiger partial charge >= 0.3 is 6.18 Å². The van der Waals surface area contributed by atoms with Crippen molar-refractivity contribution in [1.82, 2.24) is 19.9 Å². The van der Waals surface area contributed by atoms with Crippen LogP contribution in [0.2, 0.25) is 0 Å². The Balaban J connectivity index is 1.31. The SMILES string of the molecule is FC(F)(F)c1cccc(CCNc2ncnc3nc(Sc4cc5c(cc4Br)OCO5)[nH]c23)c1. The zero-order valence-electron chi connectivity index (χ0n) is 16.7. The van der Waals surface area contributed by atoms with Gasteiger partial charge in [0.15, 0.2) is 28.1 Å². The quantitative estimate of drug-likeness (QED) is 0.327. The molecule has 5 rings (SSSR count). The summed E-state index contributed by atoms with van der Waals surface area (Å²) in [4.78, 5) is 17.0. The van der Waals surface area contributed by atoms with Crippen molar-refractivity contribution in [3.05, 3.63) is 58.3 Å². The number of hydrogen-bond donors (Lipinski definition) is 2. The molecule has 0 aliphatic carbocycles. The fraction of sp³-hybridized carbons (Fsp3) is 0.190. The molecule has 7 nitrogen and oxygen atoms in total. The minimum atomic E-state index is -4.36. The lowest BCUT2D eigenvalue weighted by molar-refractivity contribution is -0.137. The summed E-state index contributed by atoms with van der Waals surface area (Å²) in [5, 5.41) is 3.76. The van der Waals surface area contributed by atoms with E-state index >= 15 is 0 Å². The van der Waals surface area contributed by atoms with Gasteiger partial charge in [0.1, 0.15) is 11.8 Å². The van der Waals surface area contributed by atoms with E-state index < -0.39 is 11.7 Å². The normalized spacial score (nSPS) is 13.0. The predicted octanol–water partition coefficient (Wildman–Crippen LogP) is 5.67. The second-order valence-corrected chi connectivity index (χ2v) is 8.96. The Hall–Kier alpha value is -2.99. The van der Waals surface area contributed by atoms with Crippen LogP contribution in [0.3, 0.4) is 0 Å². The van der Waals surface area contributed by atoms with Crippen molar-refractivity contribution in [3.8, 4) is 11.5 Å². The van der Waals surface area contributed by atoms with Crippen LogP contribution in [0, 0.1) is 0 Å². The molecule has 0 saturated heterocycles. The largest absolute Gasteiger partial charge is 0.454 e. The van der Waals surface area contributed by atoms with Crippen molar-refractivity contribution in [2.45, 2.75) is 22.6 Å². The van der Waals surface area contributed by atoms with Crippen molar-refractivity contribution in [2.75, 3.05) is 18.7 Å². The lowest BCUT2D eigenvalue weighted by Crippen LogP contribution is -2.09. The van der Waals surface area contributed by atoms with E-state index in [1.54, 1.807) is 6.07 Å². The van der Waals surface area contributed by atoms with E-state index in [0.717, 1.165) is 21.5 Å². The summed E-state index contributed by atoms with van der Waals surface area (Å²) in [5.74, 6) is 1.86. The van der Waals surface area contributed by atoms with Crippen LogP contribution in [0.25, 0.3) is 11.2 Å². The van der Waals surface area contributed by atoms with Crippen LogP contribution < -0.4 is 14.8 Å². The summed E-state index contributed by atoms with van der Waals surface area (Å²) in [6.45, 7) is 0.578. The number of halogens is 4. The average molecular weight is 538 g/mol. The molecule has 0 atom stereocenters. The molecule has 0 spiro atoms. The fourth-order valence-corrected chi connectivity index (χ4v) is 4.68. The van der Waals surface area contributed by atoms with Crippen molar-refractivity contribution >= 4 is 44.7 Å². The van der Waals surface area contributed by atoms with Crippen molar-refractivity contribution in [1.29, 1.82) is 0 Å². The van der Waals surface area contributed by atoms with Crippen LogP contribution in [-0.4, -0.2) is 33.3 Å². The number of nitrogens with one attached hydrogen (secondary N) is 2. The van der Waals surface area contributed by atoms with E-state index in [0.29, 0.717) is 52.2 Å². The Kier molecular flexibility index (Phi) is 5.79. The molecule has 33 heavy (non-hydrogen) atoms. The molecule has 0 unspecified atom stereocenters. The van der Waals surface area contributed by atoms with Gasteiger partial charge in [0.2, 0.25) is 6.79 Å². The molecule has 2 N–H and O–H groups in total. The van der Waals surface area contributed by atoms with E-state index in [4.69, 9.17) is 9.47 Å². The smallest absolute Gasteiger partial charge is 0.416 e. The van der Waals surface area contributed by atoms with Crippen molar-refractivity contribution < 1.29 is 22.6 Å². The number of aromatic nitrogens is 4. The summed E-state index contributed by atoms with van der Waals surface area (Å²) in [6, 6.07) is 9.00. The van der Waals surface area contributed by atoms with Crippen LogP contribution in [0.4, 0.5) is 19.0 Å². The second-order valence-electron chi connectivity index (χ2n) is 7.08. The number of fused-ring (bicyclic) bond motifs is 2. The number of aromatic amines is 1. The lowest BCUT2D eigenvalue weighted by atomic mass is 10.1. The Morgan fingerprint density at radius 2 is 1.94 bits per heavy atom. The number of rotatable bonds is 6. The number of benzene rings is 2. The number of imidazole rings is 1. The first-order valence-electron chi connectivity index (χ1n) is 9.74. The molecule has 0 radical (unpaired) electrons. The Bertz CT molecular complexity index is 1330. The van der Waals surface area contributed by atoms with Crippen LogP contribution in [-0.2, 0) is 12.6 Å². The highest BCUT2D eigenvalue weighted by molar-refractivity contribution is 9.10. The molecular weight excluding hydrogens is 523 g/mol. The van der Waals surface area contributed by atoms with Crippen molar-refractivity contribution in [2.24, 2.45) is 0 Å². The molecule has 0 bridgehead atoms. The maximum absolute atomic E-state index is 12.9. The lowest BCUT2D eigenvalue weighted by Gasteiger charge is -2.09. The summed E-state index contributed by atoms with van der Waals surface area (Å²) in [6.07, 6.45) is -2.57. The molecule has 0 fully saturated rings. The van der Waals surface area contributed by atoms with Crippen LogP contribution in [0.15, 0.2) is 57.3 Å². The van der Waals surface area contributed by atoms with Gasteiger partial charge in [-0.25, -0.2) is 15.0 Å². The van der Waals surface area contributed by atoms with Crippen LogP contribution >= 0.6 is 27.7 Å². The molecule has 2 aromatic carbocycles. The van der Waals surface area contributed by atoms with E-state index in [1.165, 1.54) is 24.2 Å². The van der Waals surface area contributed by atoms with Gasteiger partial charge in [0.05, 0.1) is 5.56 Å². The third-order valence-corrected chi connectivity index (χ3v) is 6.72. The Morgan fingerprint density at radius 3 is 2.76 bits per heavy atom. The Labute approximate surface area is 198 Å². The van der Waals surface area contributed by atoms with Gasteiger partial charge in [-0.15, -0.1) is 0 Å². The molecule has 2 aromatic heterocycles. The number of nitrogens with zero attached hydrogens (tertiary/aromatic N) is 3. The molecule has 170 valence electrons. The number of H-pyrrole nitrogens is 1. The molecule has 1 aliphatic rings. The minimum absolute atomic E-state index is 0.186. The molecule has 0 amide bonds. The molecular formula is C21H15BrF3N5O2S. The monoisotopic (exact) mass is 537 g/mol. The van der Waals surface area contributed by atoms with Gasteiger partial charge in [-0.05, 0) is 46.1 Å². The third kappa shape index (κ3) is 4.71. The highest BCUT2D eigenvalue weighted by atomic mass is 79.9. The molecule has 1 aliphatic heterocycles. The third-order valence-electron chi connectivity index (χ3n) is 4.86. The zero-order chi connectivity index (χ0) is 23.0. The summed E-state index contributed by atoms with van der Waals surface area (Å²) < 4.78 is 50.4. The van der Waals surface area contributed by atoms with Gasteiger partial charge in [-0.3, -0.25) is 0 Å². The standard InChI is InChI=1S/C21H15BrF3N5O2S/c22-13-7-14-15(32-10-31-14)8-16(13)33-20-29-17-18(27-9-28-19(17)30-20)26-5-4-11-2-1-3-12(6-11)21(23,24)25/h1-3,6-9H,4-5,10H2,(H2,26,27,28,29,30). The first kappa shape index (κ1) is 21.8. The fourth-order valence-electron chi connectivity index (χ4n) is 3.30. The second kappa shape index (κ2) is 8.75. The van der Waals surface area contributed by atoms with Gasteiger partial charge in [-0.1, -0.05) is 30.0 Å². The van der Waals surface area contributed by atoms with E-state index in [2.05, 4.69) is 41.2 Å². The number of ether oxygens (including phenoxy) is 2. The van der Waals surface area contributed by atoms with Crippen LogP contribution in [0.1, 0.15) is 11.1 Å². The number of anilines is 1. The minimum Gasteiger partial charge on any atom is -0.454 e. The van der Waals surface area contributed by atoms with Gasteiger partial charge in [0.25, 0.3) is 0 Å². The highest BCUT2D eigenvalue weighted by Crippen LogP contribution is 2.42. The van der Waals surface area contributed by atoms with Gasteiger partial charge in [-0.2, -0.15) is 13.2 Å². The average Bonchev–Trinajstić information content (AvgIpc) is 3.40. The summed E-state index contributed by atoms with van der Waals surface area (Å²) in [5.41, 5.74) is 1.01. The van der Waals surface area contributed by atoms with Gasteiger partial charge in [0, 0.05) is 15.9 Å². The first-order valence-corrected chi connectivity index (χ1v) is 11.4. The Morgan fingerprint density at radius 1 is 1.12 bits per heavy atom. The molecule has 4 aromatic rings. The molecule has 3 heterocycles. The maximum atomic E-state index is 12.9. The maximum Gasteiger partial charge on any atom is 0.416 e. The summed E-state index contributed by atoms with van der Waals surface area (Å²) >= 11 is 4.92. The number of alkyl halides is 3. The topological polar surface area (TPSA) is 85.0 Å². The zero-order valence-corrected chi connectivity index (χ0v) is 19.1. The van der Waals surface area contributed by atoms with E-state index in [-0.39, 0.29) is 6.79 Å². The molecule has 0 saturated carbocycles. The first-order chi connectivity index (χ1) is 15.9. The highest BCUT2D eigenvalue weighted by Gasteiger charge is 2.30. The van der Waals surface area contributed by atoms with Crippen molar-refractivity contribution in [3.63, 3.8) is 0 Å². The molecule has 12 heteroatoms.